The van der Waals surface area contributed by atoms with Crippen molar-refractivity contribution in [2.45, 2.75) is 90.9 Å². The van der Waals surface area contributed by atoms with Crippen molar-refractivity contribution in [3.05, 3.63) is 12.2 Å². The lowest BCUT2D eigenvalue weighted by Gasteiger charge is -2.09. The molecule has 0 spiro atoms. The van der Waals surface area contributed by atoms with Gasteiger partial charge in [0.05, 0.1) is 0 Å². The first-order chi connectivity index (χ1) is 9.72. The Kier molecular flexibility index (Phi) is 14.0. The lowest BCUT2D eigenvalue weighted by molar-refractivity contribution is -0.122. The van der Waals surface area contributed by atoms with Crippen molar-refractivity contribution in [2.75, 3.05) is 0 Å². The molecule has 20 heavy (non-hydrogen) atoms. The second kappa shape index (κ2) is 14.6. The molecular weight excluding hydrogens is 246 g/mol. The van der Waals surface area contributed by atoms with Gasteiger partial charge in [-0.05, 0) is 38.5 Å². The van der Waals surface area contributed by atoms with Crippen molar-refractivity contribution in [3.8, 4) is 0 Å². The molecule has 1 atom stereocenters. The minimum Gasteiger partial charge on any atom is -0.369 e. The third-order valence-corrected chi connectivity index (χ3v) is 3.96. The minimum atomic E-state index is -0.126. The van der Waals surface area contributed by atoms with Gasteiger partial charge in [-0.15, -0.1) is 0 Å². The van der Waals surface area contributed by atoms with Gasteiger partial charge in [0.2, 0.25) is 5.91 Å². The third-order valence-electron chi connectivity index (χ3n) is 3.96. The molecule has 1 unspecified atom stereocenters. The van der Waals surface area contributed by atoms with E-state index in [0.29, 0.717) is 0 Å². The minimum absolute atomic E-state index is 0.0954. The molecule has 118 valence electrons. The average molecular weight is 281 g/mol. The summed E-state index contributed by atoms with van der Waals surface area (Å²) in [6, 6.07) is 0. The van der Waals surface area contributed by atoms with Crippen molar-refractivity contribution < 1.29 is 4.79 Å². The Bertz CT molecular complexity index is 248. The standard InChI is InChI=1S/C18H35NO/c1-3-5-6-7-8-9-10-11-12-13-14-15-16-17(4-2)18(19)20/h9-10,17H,3-8,11-16H2,1-2H3,(H2,19,20). The summed E-state index contributed by atoms with van der Waals surface area (Å²) in [5, 5.41) is 0. The average Bonchev–Trinajstić information content (AvgIpc) is 2.43. The van der Waals surface area contributed by atoms with E-state index in [9.17, 15) is 4.79 Å². The molecule has 0 fully saturated rings. The third kappa shape index (κ3) is 12.3. The molecule has 2 heteroatoms. The van der Waals surface area contributed by atoms with Gasteiger partial charge in [-0.1, -0.05) is 64.5 Å². The summed E-state index contributed by atoms with van der Waals surface area (Å²) in [6.45, 7) is 4.29. The maximum atomic E-state index is 11.1. The zero-order chi connectivity index (χ0) is 15.1. The molecule has 0 aliphatic carbocycles. The highest BCUT2D eigenvalue weighted by Crippen LogP contribution is 2.14. The van der Waals surface area contributed by atoms with Crippen LogP contribution in [0, 0.1) is 5.92 Å². The number of amides is 1. The molecule has 0 heterocycles. The summed E-state index contributed by atoms with van der Waals surface area (Å²) >= 11 is 0. The fourth-order valence-electron chi connectivity index (χ4n) is 2.48. The molecule has 0 radical (unpaired) electrons. The fraction of sp³-hybridized carbons (Fsp3) is 0.833. The van der Waals surface area contributed by atoms with E-state index in [0.717, 1.165) is 19.3 Å². The van der Waals surface area contributed by atoms with Crippen LogP contribution in [0.1, 0.15) is 90.9 Å². The molecule has 1 amide bonds. The zero-order valence-corrected chi connectivity index (χ0v) is 13.7. The van der Waals surface area contributed by atoms with Gasteiger partial charge in [0.1, 0.15) is 0 Å². The van der Waals surface area contributed by atoms with Gasteiger partial charge in [-0.2, -0.15) is 0 Å². The van der Waals surface area contributed by atoms with Gasteiger partial charge in [-0.25, -0.2) is 0 Å². The first-order valence-corrected chi connectivity index (χ1v) is 8.66. The molecular formula is C18H35NO. The van der Waals surface area contributed by atoms with E-state index in [1.807, 2.05) is 6.92 Å². The number of allylic oxidation sites excluding steroid dienone is 2. The fourth-order valence-corrected chi connectivity index (χ4v) is 2.48. The van der Waals surface area contributed by atoms with Crippen LogP contribution in [0.4, 0.5) is 0 Å². The van der Waals surface area contributed by atoms with Crippen molar-refractivity contribution in [1.82, 2.24) is 0 Å². The summed E-state index contributed by atoms with van der Waals surface area (Å²) in [5.41, 5.74) is 5.34. The predicted molar refractivity (Wildman–Crippen MR) is 88.6 cm³/mol. The van der Waals surface area contributed by atoms with Crippen molar-refractivity contribution in [2.24, 2.45) is 11.7 Å². The maximum absolute atomic E-state index is 11.1. The molecule has 0 aliphatic heterocycles. The molecule has 0 aromatic rings. The van der Waals surface area contributed by atoms with Gasteiger partial charge < -0.3 is 5.73 Å². The number of nitrogens with two attached hydrogens (primary N) is 1. The molecule has 0 bridgehead atoms. The van der Waals surface area contributed by atoms with E-state index in [4.69, 9.17) is 5.73 Å². The lowest BCUT2D eigenvalue weighted by atomic mass is 9.97. The molecule has 0 saturated carbocycles. The predicted octanol–water partition coefficient (Wildman–Crippen LogP) is 5.37. The Morgan fingerprint density at radius 3 is 1.95 bits per heavy atom. The Hall–Kier alpha value is -0.790. The van der Waals surface area contributed by atoms with E-state index < -0.39 is 0 Å². The molecule has 2 nitrogen and oxygen atoms in total. The second-order valence-corrected chi connectivity index (χ2v) is 5.82. The van der Waals surface area contributed by atoms with Gasteiger partial charge in [0.15, 0.2) is 0 Å². The summed E-state index contributed by atoms with van der Waals surface area (Å²) < 4.78 is 0. The molecule has 0 saturated heterocycles. The van der Waals surface area contributed by atoms with Crippen LogP contribution in [0.5, 0.6) is 0 Å². The van der Waals surface area contributed by atoms with E-state index in [-0.39, 0.29) is 11.8 Å². The van der Waals surface area contributed by atoms with Crippen LogP contribution in [0.2, 0.25) is 0 Å². The van der Waals surface area contributed by atoms with Crippen molar-refractivity contribution in [3.63, 3.8) is 0 Å². The molecule has 0 aromatic carbocycles. The zero-order valence-electron chi connectivity index (χ0n) is 13.7. The smallest absolute Gasteiger partial charge is 0.220 e. The number of hydrogen-bond acceptors (Lipinski definition) is 1. The largest absolute Gasteiger partial charge is 0.369 e. The van der Waals surface area contributed by atoms with Crippen LogP contribution >= 0.6 is 0 Å². The summed E-state index contributed by atoms with van der Waals surface area (Å²) in [5.74, 6) is -0.0310. The number of carbonyl (C=O) groups is 1. The Morgan fingerprint density at radius 1 is 0.900 bits per heavy atom. The Labute approximate surface area is 126 Å². The summed E-state index contributed by atoms with van der Waals surface area (Å²) in [4.78, 5) is 11.1. The highest BCUT2D eigenvalue weighted by Gasteiger charge is 2.11. The van der Waals surface area contributed by atoms with Gasteiger partial charge in [-0.3, -0.25) is 4.79 Å². The Morgan fingerprint density at radius 2 is 1.45 bits per heavy atom. The van der Waals surface area contributed by atoms with Crippen LogP contribution in [-0.2, 0) is 4.79 Å². The monoisotopic (exact) mass is 281 g/mol. The normalized spacial score (nSPS) is 12.9. The first-order valence-electron chi connectivity index (χ1n) is 8.66. The molecule has 2 N–H and O–H groups in total. The van der Waals surface area contributed by atoms with E-state index in [1.165, 1.54) is 57.8 Å². The summed E-state index contributed by atoms with van der Waals surface area (Å²) in [7, 11) is 0. The number of hydrogen-bond donors (Lipinski definition) is 1. The van der Waals surface area contributed by atoms with Crippen molar-refractivity contribution in [1.29, 1.82) is 0 Å². The molecule has 0 aliphatic rings. The molecule has 0 aromatic heterocycles. The van der Waals surface area contributed by atoms with Crippen LogP contribution in [-0.4, -0.2) is 5.91 Å². The van der Waals surface area contributed by atoms with Crippen LogP contribution in [0.3, 0.4) is 0 Å². The van der Waals surface area contributed by atoms with E-state index >= 15 is 0 Å². The summed E-state index contributed by atoms with van der Waals surface area (Å²) in [6.07, 6.45) is 19.3. The van der Waals surface area contributed by atoms with Crippen LogP contribution in [0.25, 0.3) is 0 Å². The second-order valence-electron chi connectivity index (χ2n) is 5.82. The number of unbranched alkanes of at least 4 members (excludes halogenated alkanes) is 8. The first kappa shape index (κ1) is 19.2. The van der Waals surface area contributed by atoms with Crippen LogP contribution in [0.15, 0.2) is 12.2 Å². The van der Waals surface area contributed by atoms with E-state index in [1.54, 1.807) is 0 Å². The van der Waals surface area contributed by atoms with Gasteiger partial charge in [0.25, 0.3) is 0 Å². The van der Waals surface area contributed by atoms with Crippen molar-refractivity contribution >= 4 is 5.91 Å². The maximum Gasteiger partial charge on any atom is 0.220 e. The topological polar surface area (TPSA) is 43.1 Å². The molecule has 0 rings (SSSR count). The van der Waals surface area contributed by atoms with Gasteiger partial charge in [0, 0.05) is 5.92 Å². The lowest BCUT2D eigenvalue weighted by Crippen LogP contribution is -2.22. The number of primary amides is 1. The van der Waals surface area contributed by atoms with E-state index in [2.05, 4.69) is 19.1 Å². The Balaban J connectivity index is 3.27. The SMILES string of the molecule is CCCCCCC=CCCCCCCC(CC)C(N)=O. The number of carbonyl (C=O) groups excluding carboxylic acids is 1. The number of rotatable bonds is 14. The highest BCUT2D eigenvalue weighted by atomic mass is 16.1. The van der Waals surface area contributed by atoms with Gasteiger partial charge >= 0.3 is 0 Å². The van der Waals surface area contributed by atoms with Crippen LogP contribution < -0.4 is 5.73 Å². The highest BCUT2D eigenvalue weighted by molar-refractivity contribution is 5.76. The quantitative estimate of drug-likeness (QED) is 0.338.